The Morgan fingerprint density at radius 1 is 1.40 bits per heavy atom. The summed E-state index contributed by atoms with van der Waals surface area (Å²) in [5.41, 5.74) is 2.89. The second kappa shape index (κ2) is 7.11. The Morgan fingerprint density at radius 3 is 2.92 bits per heavy atom. The Kier molecular flexibility index (Phi) is 4.90. The number of aromatic amines is 1. The average Bonchev–Trinajstić information content (AvgIpc) is 3.14. The Balaban J connectivity index is 1.74. The number of rotatable bonds is 5. The van der Waals surface area contributed by atoms with Gasteiger partial charge in [-0.15, -0.1) is 0 Å². The molecule has 1 atom stereocenters. The highest BCUT2D eigenvalue weighted by atomic mass is 16.5. The number of nitrogens with one attached hydrogen (secondary N) is 1. The first kappa shape index (κ1) is 17.2. The minimum atomic E-state index is -1.07. The highest BCUT2D eigenvalue weighted by Crippen LogP contribution is 2.27. The molecule has 6 nitrogen and oxygen atoms in total. The summed E-state index contributed by atoms with van der Waals surface area (Å²) in [5, 5.41) is 11.6. The molecule has 132 valence electrons. The molecule has 0 aliphatic carbocycles. The Morgan fingerprint density at radius 2 is 2.16 bits per heavy atom. The quantitative estimate of drug-likeness (QED) is 0.644. The minimum Gasteiger partial charge on any atom is -0.463 e. The van der Waals surface area contributed by atoms with Crippen molar-refractivity contribution in [2.75, 3.05) is 13.2 Å². The summed E-state index contributed by atoms with van der Waals surface area (Å²) in [6.45, 7) is 3.96. The summed E-state index contributed by atoms with van der Waals surface area (Å²) in [6.07, 6.45) is 1.54. The second-order valence-corrected chi connectivity index (χ2v) is 6.12. The molecule has 0 saturated carbocycles. The molecule has 1 fully saturated rings. The van der Waals surface area contributed by atoms with E-state index < -0.39 is 12.2 Å². The van der Waals surface area contributed by atoms with E-state index in [1.165, 1.54) is 4.90 Å². The maximum absolute atomic E-state index is 12.3. The van der Waals surface area contributed by atoms with Gasteiger partial charge in [0.1, 0.15) is 0 Å². The molecule has 25 heavy (non-hydrogen) atoms. The number of aliphatic hydroxyl groups is 1. The van der Waals surface area contributed by atoms with Crippen LogP contribution in [0.5, 0.6) is 0 Å². The number of aliphatic hydroxyl groups excluding tert-OH is 1. The second-order valence-electron chi connectivity index (χ2n) is 6.12. The largest absolute Gasteiger partial charge is 0.463 e. The van der Waals surface area contributed by atoms with Crippen molar-refractivity contribution in [3.8, 4) is 0 Å². The van der Waals surface area contributed by atoms with Gasteiger partial charge in [0.05, 0.1) is 13.0 Å². The van der Waals surface area contributed by atoms with Crippen molar-refractivity contribution in [2.45, 2.75) is 32.9 Å². The first-order valence-corrected chi connectivity index (χ1v) is 8.42. The maximum atomic E-state index is 12.3. The van der Waals surface area contributed by atoms with Crippen molar-refractivity contribution in [1.29, 1.82) is 0 Å². The number of ether oxygens (including phenoxy) is 1. The molecule has 1 amide bonds. The molecule has 0 spiro atoms. The Hall–Kier alpha value is -2.60. The Labute approximate surface area is 146 Å². The van der Waals surface area contributed by atoms with E-state index in [0.717, 1.165) is 16.5 Å². The predicted octanol–water partition coefficient (Wildman–Crippen LogP) is 2.14. The lowest BCUT2D eigenvalue weighted by molar-refractivity contribution is -0.138. The highest BCUT2D eigenvalue weighted by Gasteiger charge is 2.36. The summed E-state index contributed by atoms with van der Waals surface area (Å²) in [4.78, 5) is 28.8. The van der Waals surface area contributed by atoms with Gasteiger partial charge in [-0.25, -0.2) is 4.79 Å². The van der Waals surface area contributed by atoms with Crippen LogP contribution in [0.2, 0.25) is 0 Å². The summed E-state index contributed by atoms with van der Waals surface area (Å²) in [6, 6.07) is 7.96. The zero-order valence-corrected chi connectivity index (χ0v) is 14.4. The van der Waals surface area contributed by atoms with Crippen LogP contribution in [0.1, 0.15) is 25.8 Å². The van der Waals surface area contributed by atoms with Crippen molar-refractivity contribution < 1.29 is 19.4 Å². The monoisotopic (exact) mass is 342 g/mol. The van der Waals surface area contributed by atoms with Crippen molar-refractivity contribution in [3.05, 3.63) is 47.2 Å². The van der Waals surface area contributed by atoms with Gasteiger partial charge in [-0.1, -0.05) is 18.2 Å². The number of aromatic nitrogens is 1. The fourth-order valence-electron chi connectivity index (χ4n) is 3.20. The minimum absolute atomic E-state index is 0.0553. The lowest BCUT2D eigenvalue weighted by Crippen LogP contribution is -2.35. The van der Waals surface area contributed by atoms with Crippen molar-refractivity contribution in [1.82, 2.24) is 9.88 Å². The number of amides is 1. The van der Waals surface area contributed by atoms with E-state index in [0.29, 0.717) is 24.1 Å². The van der Waals surface area contributed by atoms with Gasteiger partial charge in [0.25, 0.3) is 0 Å². The van der Waals surface area contributed by atoms with Gasteiger partial charge in [0.2, 0.25) is 5.91 Å². The van der Waals surface area contributed by atoms with Crippen molar-refractivity contribution >= 4 is 22.8 Å². The summed E-state index contributed by atoms with van der Waals surface area (Å²) in [5.74, 6) is -0.659. The van der Waals surface area contributed by atoms with Crippen LogP contribution in [0, 0.1) is 0 Å². The summed E-state index contributed by atoms with van der Waals surface area (Å²) >= 11 is 0. The number of hydrogen-bond acceptors (Lipinski definition) is 4. The van der Waals surface area contributed by atoms with Crippen molar-refractivity contribution in [2.24, 2.45) is 0 Å². The lowest BCUT2D eigenvalue weighted by atomic mass is 10.1. The van der Waals surface area contributed by atoms with Gasteiger partial charge >= 0.3 is 5.97 Å². The molecule has 0 radical (unpaired) electrons. The molecule has 1 aliphatic heterocycles. The molecule has 1 aliphatic rings. The van der Waals surface area contributed by atoms with Crippen LogP contribution in [0.4, 0.5) is 0 Å². The zero-order valence-electron chi connectivity index (χ0n) is 14.4. The summed E-state index contributed by atoms with van der Waals surface area (Å²) < 4.78 is 4.96. The number of para-hydroxylation sites is 1. The zero-order chi connectivity index (χ0) is 18.0. The number of likely N-dealkylation sites (tertiary alicyclic amines) is 1. The molecule has 1 aromatic heterocycles. The average molecular weight is 342 g/mol. The fourth-order valence-corrected chi connectivity index (χ4v) is 3.20. The SMILES string of the molecule is CCOC(=O)/C(C)=C1\CC(=O)N(CCc2c[nH]c3ccccc23)C1O. The Bertz CT molecular complexity index is 837. The van der Waals surface area contributed by atoms with Crippen LogP contribution in [0.25, 0.3) is 10.9 Å². The van der Waals surface area contributed by atoms with E-state index in [2.05, 4.69) is 4.98 Å². The normalized spacial score (nSPS) is 19.6. The first-order valence-electron chi connectivity index (χ1n) is 8.42. The number of fused-ring (bicyclic) bond motifs is 1. The molecule has 0 bridgehead atoms. The number of H-pyrrole nitrogens is 1. The van der Waals surface area contributed by atoms with E-state index in [1.807, 2.05) is 30.5 Å². The van der Waals surface area contributed by atoms with Gasteiger partial charge in [0, 0.05) is 29.2 Å². The molecule has 2 aromatic rings. The summed E-state index contributed by atoms with van der Waals surface area (Å²) in [7, 11) is 0. The van der Waals surface area contributed by atoms with Crippen molar-refractivity contribution in [3.63, 3.8) is 0 Å². The van der Waals surface area contributed by atoms with Crippen LogP contribution in [0.15, 0.2) is 41.6 Å². The molecular formula is C19H22N2O4. The molecule has 1 saturated heterocycles. The molecule has 6 heteroatoms. The third-order valence-corrected chi connectivity index (χ3v) is 4.63. The van der Waals surface area contributed by atoms with Gasteiger partial charge in [0.15, 0.2) is 6.23 Å². The van der Waals surface area contributed by atoms with Crippen LogP contribution in [-0.2, 0) is 20.7 Å². The molecular weight excluding hydrogens is 320 g/mol. The molecule has 2 heterocycles. The fraction of sp³-hybridized carbons (Fsp3) is 0.368. The number of nitrogens with zero attached hydrogens (tertiary/aromatic N) is 1. The predicted molar refractivity (Wildman–Crippen MR) is 93.7 cm³/mol. The third kappa shape index (κ3) is 3.30. The van der Waals surface area contributed by atoms with E-state index >= 15 is 0 Å². The standard InChI is InChI=1S/C19H22N2O4/c1-3-25-19(24)12(2)15-10-17(22)21(18(15)23)9-8-13-11-20-16-7-5-4-6-14(13)16/h4-7,11,18,20,23H,3,8-10H2,1-2H3/b15-12+. The van der Waals surface area contributed by atoms with Crippen LogP contribution < -0.4 is 0 Å². The molecule has 2 N–H and O–H groups in total. The van der Waals surface area contributed by atoms with E-state index in [-0.39, 0.29) is 18.9 Å². The highest BCUT2D eigenvalue weighted by molar-refractivity contribution is 5.92. The lowest BCUT2D eigenvalue weighted by Gasteiger charge is -2.21. The van der Waals surface area contributed by atoms with Gasteiger partial charge in [-0.2, -0.15) is 0 Å². The van der Waals surface area contributed by atoms with E-state index in [1.54, 1.807) is 13.8 Å². The third-order valence-electron chi connectivity index (χ3n) is 4.63. The molecule has 3 rings (SSSR count). The topological polar surface area (TPSA) is 82.6 Å². The van der Waals surface area contributed by atoms with Crippen LogP contribution in [-0.4, -0.2) is 46.2 Å². The first-order chi connectivity index (χ1) is 12.0. The van der Waals surface area contributed by atoms with Gasteiger partial charge in [-0.05, 0) is 37.5 Å². The maximum Gasteiger partial charge on any atom is 0.333 e. The molecule has 1 aromatic carbocycles. The van der Waals surface area contributed by atoms with Crippen LogP contribution in [0.3, 0.4) is 0 Å². The number of carbonyl (C=O) groups excluding carboxylic acids is 2. The smallest absolute Gasteiger partial charge is 0.333 e. The van der Waals surface area contributed by atoms with E-state index in [4.69, 9.17) is 4.74 Å². The molecule has 1 unspecified atom stereocenters. The number of carbonyl (C=O) groups is 2. The van der Waals surface area contributed by atoms with E-state index in [9.17, 15) is 14.7 Å². The van der Waals surface area contributed by atoms with Gasteiger partial charge < -0.3 is 19.7 Å². The number of hydrogen-bond donors (Lipinski definition) is 2. The number of esters is 1. The van der Waals surface area contributed by atoms with Crippen LogP contribution >= 0.6 is 0 Å². The number of benzene rings is 1. The van der Waals surface area contributed by atoms with Gasteiger partial charge in [-0.3, -0.25) is 4.79 Å².